The number of sulfonamides is 1. The summed E-state index contributed by atoms with van der Waals surface area (Å²) in [7, 11) is -3.47. The quantitative estimate of drug-likeness (QED) is 0.696. The molecule has 1 N–H and O–H groups in total. The van der Waals surface area contributed by atoms with Crippen LogP contribution in [0.2, 0.25) is 0 Å². The molecule has 1 heterocycles. The summed E-state index contributed by atoms with van der Waals surface area (Å²) >= 11 is 0. The van der Waals surface area contributed by atoms with Crippen molar-refractivity contribution in [1.82, 2.24) is 9.62 Å². The van der Waals surface area contributed by atoms with Crippen LogP contribution in [0.1, 0.15) is 22.3 Å². The van der Waals surface area contributed by atoms with Crippen LogP contribution in [0.5, 0.6) is 0 Å². The molecule has 3 aromatic carbocycles. The lowest BCUT2D eigenvalue weighted by molar-refractivity contribution is 0.391. The van der Waals surface area contributed by atoms with Gasteiger partial charge in [0, 0.05) is 26.2 Å². The molecule has 0 fully saturated rings. The Hall–Kier alpha value is -2.47. The highest BCUT2D eigenvalue weighted by atomic mass is 32.2. The predicted molar refractivity (Wildman–Crippen MR) is 111 cm³/mol. The van der Waals surface area contributed by atoms with Crippen molar-refractivity contribution in [1.29, 1.82) is 0 Å². The standard InChI is InChI=1S/C23H24N2O2S/c26-28(27,25-15-14-21-8-4-5-9-22(21)18-25)23-12-10-20(11-13-23)17-24-16-19-6-2-1-3-7-19/h1-13,24H,14-18H2. The van der Waals surface area contributed by atoms with Crippen molar-refractivity contribution in [2.24, 2.45) is 0 Å². The Morgan fingerprint density at radius 2 is 1.36 bits per heavy atom. The van der Waals surface area contributed by atoms with Crippen molar-refractivity contribution in [3.05, 3.63) is 101 Å². The molecule has 3 aromatic rings. The molecular formula is C23H24N2O2S. The van der Waals surface area contributed by atoms with Crippen molar-refractivity contribution in [3.63, 3.8) is 0 Å². The third kappa shape index (κ3) is 4.17. The summed E-state index contributed by atoms with van der Waals surface area (Å²) in [6.07, 6.45) is 0.761. The molecule has 0 aliphatic carbocycles. The minimum atomic E-state index is -3.47. The van der Waals surface area contributed by atoms with Gasteiger partial charge in [-0.25, -0.2) is 8.42 Å². The molecule has 28 heavy (non-hydrogen) atoms. The van der Waals surface area contributed by atoms with Crippen LogP contribution in [-0.4, -0.2) is 19.3 Å². The fourth-order valence-corrected chi connectivity index (χ4v) is 4.97. The monoisotopic (exact) mass is 392 g/mol. The minimum absolute atomic E-state index is 0.360. The lowest BCUT2D eigenvalue weighted by atomic mass is 10.0. The summed E-state index contributed by atoms with van der Waals surface area (Å²) in [4.78, 5) is 0.360. The van der Waals surface area contributed by atoms with Gasteiger partial charge in [-0.2, -0.15) is 4.31 Å². The van der Waals surface area contributed by atoms with E-state index in [0.717, 1.165) is 24.1 Å². The van der Waals surface area contributed by atoms with Gasteiger partial charge in [-0.15, -0.1) is 0 Å². The molecule has 0 radical (unpaired) electrons. The normalized spacial score (nSPS) is 14.6. The van der Waals surface area contributed by atoms with E-state index in [1.807, 2.05) is 48.5 Å². The zero-order valence-electron chi connectivity index (χ0n) is 15.7. The highest BCUT2D eigenvalue weighted by Gasteiger charge is 2.27. The molecule has 0 unspecified atom stereocenters. The maximum atomic E-state index is 13.0. The summed E-state index contributed by atoms with van der Waals surface area (Å²) in [5.74, 6) is 0. The molecule has 0 amide bonds. The first kappa shape index (κ1) is 18.9. The van der Waals surface area contributed by atoms with E-state index in [1.165, 1.54) is 11.1 Å². The molecule has 144 valence electrons. The van der Waals surface area contributed by atoms with Crippen molar-refractivity contribution in [2.45, 2.75) is 31.0 Å². The molecule has 4 nitrogen and oxygen atoms in total. The smallest absolute Gasteiger partial charge is 0.243 e. The molecular weight excluding hydrogens is 368 g/mol. The van der Waals surface area contributed by atoms with E-state index in [1.54, 1.807) is 16.4 Å². The fourth-order valence-electron chi connectivity index (χ4n) is 3.55. The van der Waals surface area contributed by atoms with Crippen molar-refractivity contribution in [2.75, 3.05) is 6.54 Å². The molecule has 0 aromatic heterocycles. The first-order chi connectivity index (χ1) is 13.6. The molecule has 5 heteroatoms. The molecule has 0 spiro atoms. The van der Waals surface area contributed by atoms with Gasteiger partial charge >= 0.3 is 0 Å². The van der Waals surface area contributed by atoms with E-state index in [4.69, 9.17) is 0 Å². The van der Waals surface area contributed by atoms with Gasteiger partial charge in [0.25, 0.3) is 0 Å². The van der Waals surface area contributed by atoms with E-state index in [0.29, 0.717) is 24.5 Å². The van der Waals surface area contributed by atoms with Gasteiger partial charge in [0.05, 0.1) is 4.90 Å². The van der Waals surface area contributed by atoms with Crippen molar-refractivity contribution >= 4 is 10.0 Å². The number of nitrogens with one attached hydrogen (secondary N) is 1. The molecule has 1 aliphatic rings. The average Bonchev–Trinajstić information content (AvgIpc) is 2.74. The number of rotatable bonds is 6. The van der Waals surface area contributed by atoms with Crippen LogP contribution in [0.15, 0.2) is 83.8 Å². The van der Waals surface area contributed by atoms with Gasteiger partial charge in [-0.3, -0.25) is 0 Å². The Morgan fingerprint density at radius 1 is 0.750 bits per heavy atom. The first-order valence-electron chi connectivity index (χ1n) is 9.53. The largest absolute Gasteiger partial charge is 0.309 e. The predicted octanol–water partition coefficient (Wildman–Crippen LogP) is 3.72. The Labute approximate surface area is 166 Å². The number of nitrogens with zero attached hydrogens (tertiary/aromatic N) is 1. The lowest BCUT2D eigenvalue weighted by Crippen LogP contribution is -2.35. The number of hydrogen-bond donors (Lipinski definition) is 1. The first-order valence-corrected chi connectivity index (χ1v) is 11.0. The molecule has 4 rings (SSSR count). The number of benzene rings is 3. The average molecular weight is 393 g/mol. The van der Waals surface area contributed by atoms with Crippen LogP contribution < -0.4 is 5.32 Å². The van der Waals surface area contributed by atoms with E-state index in [9.17, 15) is 8.42 Å². The lowest BCUT2D eigenvalue weighted by Gasteiger charge is -2.28. The number of hydrogen-bond acceptors (Lipinski definition) is 3. The second-order valence-corrected chi connectivity index (χ2v) is 9.03. The molecule has 0 atom stereocenters. The Bertz CT molecular complexity index is 1030. The minimum Gasteiger partial charge on any atom is -0.309 e. The maximum absolute atomic E-state index is 13.0. The Balaban J connectivity index is 1.40. The van der Waals surface area contributed by atoms with Gasteiger partial charge in [0.15, 0.2) is 0 Å². The van der Waals surface area contributed by atoms with Crippen LogP contribution >= 0.6 is 0 Å². The summed E-state index contributed by atoms with van der Waals surface area (Å²) in [5, 5.41) is 3.39. The van der Waals surface area contributed by atoms with Gasteiger partial charge in [0.2, 0.25) is 10.0 Å². The highest BCUT2D eigenvalue weighted by Crippen LogP contribution is 2.25. The fraction of sp³-hybridized carbons (Fsp3) is 0.217. The van der Waals surface area contributed by atoms with E-state index < -0.39 is 10.0 Å². The molecule has 0 bridgehead atoms. The van der Waals surface area contributed by atoms with E-state index in [-0.39, 0.29) is 0 Å². The van der Waals surface area contributed by atoms with Crippen LogP contribution in [0.25, 0.3) is 0 Å². The Morgan fingerprint density at radius 3 is 2.07 bits per heavy atom. The topological polar surface area (TPSA) is 49.4 Å². The zero-order valence-corrected chi connectivity index (χ0v) is 16.5. The molecule has 0 saturated heterocycles. The SMILES string of the molecule is O=S(=O)(c1ccc(CNCc2ccccc2)cc1)N1CCc2ccccc2C1. The van der Waals surface area contributed by atoms with Crippen LogP contribution in [0.4, 0.5) is 0 Å². The van der Waals surface area contributed by atoms with Gasteiger partial charge in [-0.1, -0.05) is 66.7 Å². The molecule has 1 aliphatic heterocycles. The third-order valence-corrected chi connectivity index (χ3v) is 7.02. The van der Waals surface area contributed by atoms with Crippen molar-refractivity contribution < 1.29 is 8.42 Å². The summed E-state index contributed by atoms with van der Waals surface area (Å²) in [6.45, 7) is 2.46. The Kier molecular flexibility index (Phi) is 5.57. The van der Waals surface area contributed by atoms with Gasteiger partial charge in [-0.05, 0) is 40.8 Å². The maximum Gasteiger partial charge on any atom is 0.243 e. The van der Waals surface area contributed by atoms with Crippen molar-refractivity contribution in [3.8, 4) is 0 Å². The van der Waals surface area contributed by atoms with Crippen LogP contribution in [-0.2, 0) is 36.1 Å². The highest BCUT2D eigenvalue weighted by molar-refractivity contribution is 7.89. The van der Waals surface area contributed by atoms with Crippen LogP contribution in [0.3, 0.4) is 0 Å². The third-order valence-electron chi connectivity index (χ3n) is 5.16. The molecule has 0 saturated carbocycles. The summed E-state index contributed by atoms with van der Waals surface area (Å²) in [5.41, 5.74) is 4.64. The van der Waals surface area contributed by atoms with E-state index >= 15 is 0 Å². The number of fused-ring (bicyclic) bond motifs is 1. The second kappa shape index (κ2) is 8.27. The van der Waals surface area contributed by atoms with Gasteiger partial charge in [0.1, 0.15) is 0 Å². The van der Waals surface area contributed by atoms with E-state index in [2.05, 4.69) is 23.5 Å². The second-order valence-electron chi connectivity index (χ2n) is 7.09. The summed E-state index contributed by atoms with van der Waals surface area (Å²) in [6, 6.07) is 25.5. The zero-order chi connectivity index (χ0) is 19.4. The van der Waals surface area contributed by atoms with Crippen LogP contribution in [0, 0.1) is 0 Å². The summed E-state index contributed by atoms with van der Waals surface area (Å²) < 4.78 is 27.6. The van der Waals surface area contributed by atoms with Gasteiger partial charge < -0.3 is 5.32 Å².